The van der Waals surface area contributed by atoms with Gasteiger partial charge in [-0.25, -0.2) is 4.39 Å². The summed E-state index contributed by atoms with van der Waals surface area (Å²) in [5.41, 5.74) is -1.10. The van der Waals surface area contributed by atoms with Crippen molar-refractivity contribution in [1.82, 2.24) is 0 Å². The average Bonchev–Trinajstić information content (AvgIpc) is 2.35. The zero-order valence-electron chi connectivity index (χ0n) is 11.1. The minimum atomic E-state index is -4.65. The van der Waals surface area contributed by atoms with Crippen LogP contribution in [-0.4, -0.2) is 29.0 Å². The fourth-order valence-corrected chi connectivity index (χ4v) is 1.80. The fourth-order valence-electron chi connectivity index (χ4n) is 1.80. The summed E-state index contributed by atoms with van der Waals surface area (Å²) in [4.78, 5) is 10.1. The highest BCUT2D eigenvalue weighted by Crippen LogP contribution is 2.29. The normalized spacial score (nSPS) is 13.0. The molecule has 0 saturated carbocycles. The number of aliphatic hydroxyl groups excluding tert-OH is 1. The van der Waals surface area contributed by atoms with Gasteiger partial charge in [0.05, 0.1) is 16.7 Å². The van der Waals surface area contributed by atoms with Crippen LogP contribution in [0.1, 0.15) is 19.8 Å². The van der Waals surface area contributed by atoms with Crippen molar-refractivity contribution in [2.45, 2.75) is 32.2 Å². The van der Waals surface area contributed by atoms with Crippen molar-refractivity contribution in [3.05, 3.63) is 34.1 Å². The summed E-state index contributed by atoms with van der Waals surface area (Å²) < 4.78 is 51.5. The molecule has 21 heavy (non-hydrogen) atoms. The third-order valence-corrected chi connectivity index (χ3v) is 2.71. The second-order valence-corrected chi connectivity index (χ2v) is 4.41. The number of hydrogen-bond donors (Lipinski definition) is 1. The molecule has 1 rings (SSSR count). The number of benzene rings is 1. The van der Waals surface area contributed by atoms with E-state index in [1.165, 1.54) is 0 Å². The van der Waals surface area contributed by atoms with Gasteiger partial charge in [0.2, 0.25) is 0 Å². The van der Waals surface area contributed by atoms with E-state index >= 15 is 0 Å². The van der Waals surface area contributed by atoms with Crippen LogP contribution < -0.4 is 4.90 Å². The van der Waals surface area contributed by atoms with Crippen LogP contribution in [-0.2, 0) is 0 Å². The Morgan fingerprint density at radius 2 is 2.05 bits per heavy atom. The maximum absolute atomic E-state index is 13.8. The van der Waals surface area contributed by atoms with Crippen molar-refractivity contribution in [3.8, 4) is 0 Å². The Balaban J connectivity index is 3.16. The summed E-state index contributed by atoms with van der Waals surface area (Å²) >= 11 is 0. The van der Waals surface area contributed by atoms with Crippen molar-refractivity contribution < 1.29 is 27.6 Å². The van der Waals surface area contributed by atoms with Crippen molar-refractivity contribution in [2.24, 2.45) is 0 Å². The molecule has 0 fully saturated rings. The Labute approximate surface area is 117 Å². The van der Waals surface area contributed by atoms with Crippen LogP contribution in [0.4, 0.5) is 28.9 Å². The number of rotatable bonds is 6. The molecule has 118 valence electrons. The Morgan fingerprint density at radius 1 is 1.43 bits per heavy atom. The summed E-state index contributed by atoms with van der Waals surface area (Å²) in [5.74, 6) is -1.19. The largest absolute Gasteiger partial charge is 0.406 e. The third-order valence-electron chi connectivity index (χ3n) is 2.71. The molecule has 0 spiro atoms. The number of alkyl halides is 3. The molecule has 1 unspecified atom stereocenters. The fraction of sp³-hybridized carbons (Fsp3) is 0.500. The van der Waals surface area contributed by atoms with Crippen LogP contribution in [0.3, 0.4) is 0 Å². The second-order valence-electron chi connectivity index (χ2n) is 4.41. The van der Waals surface area contributed by atoms with Gasteiger partial charge in [-0.15, -0.1) is 0 Å². The van der Waals surface area contributed by atoms with Gasteiger partial charge in [-0.1, -0.05) is 13.3 Å². The first-order valence-corrected chi connectivity index (χ1v) is 6.11. The number of nitro benzene ring substituents is 1. The number of anilines is 1. The Bertz CT molecular complexity index is 508. The standard InChI is InChI=1S/C12H14F4N2O3/c1-2-3-11(19)17(7-12(14,15)16)10-5-4-8(18(20)21)6-9(10)13/h4-6,11,19H,2-3,7H2,1H3. The van der Waals surface area contributed by atoms with Crippen molar-refractivity contribution >= 4 is 11.4 Å². The quantitative estimate of drug-likeness (QED) is 0.379. The number of aliphatic hydroxyl groups is 1. The molecule has 0 heterocycles. The number of non-ortho nitro benzene ring substituents is 1. The monoisotopic (exact) mass is 310 g/mol. The lowest BCUT2D eigenvalue weighted by Crippen LogP contribution is -2.42. The predicted molar refractivity (Wildman–Crippen MR) is 67.4 cm³/mol. The predicted octanol–water partition coefficient (Wildman–Crippen LogP) is 3.22. The highest BCUT2D eigenvalue weighted by molar-refractivity contribution is 5.53. The van der Waals surface area contributed by atoms with E-state index in [0.29, 0.717) is 17.4 Å². The van der Waals surface area contributed by atoms with E-state index in [4.69, 9.17) is 0 Å². The summed E-state index contributed by atoms with van der Waals surface area (Å²) in [6, 6.07) is 2.27. The molecule has 1 aromatic rings. The van der Waals surface area contributed by atoms with Gasteiger partial charge in [0.1, 0.15) is 12.8 Å². The minimum Gasteiger partial charge on any atom is -0.374 e. The molecule has 1 N–H and O–H groups in total. The van der Waals surface area contributed by atoms with E-state index < -0.39 is 41.1 Å². The number of halogens is 4. The molecule has 1 atom stereocenters. The average molecular weight is 310 g/mol. The van der Waals surface area contributed by atoms with E-state index in [9.17, 15) is 32.8 Å². The first-order chi connectivity index (χ1) is 9.65. The van der Waals surface area contributed by atoms with Gasteiger partial charge >= 0.3 is 6.18 Å². The zero-order valence-corrected chi connectivity index (χ0v) is 11.1. The molecule has 0 radical (unpaired) electrons. The van der Waals surface area contributed by atoms with E-state index in [1.807, 2.05) is 0 Å². The molecule has 0 aliphatic carbocycles. The number of hydrogen-bond acceptors (Lipinski definition) is 4. The lowest BCUT2D eigenvalue weighted by atomic mass is 10.2. The molecular weight excluding hydrogens is 296 g/mol. The van der Waals surface area contributed by atoms with Crippen molar-refractivity contribution in [3.63, 3.8) is 0 Å². The molecule has 0 amide bonds. The van der Waals surface area contributed by atoms with E-state index in [1.54, 1.807) is 6.92 Å². The summed E-state index contributed by atoms with van der Waals surface area (Å²) in [7, 11) is 0. The minimum absolute atomic E-state index is 0.00646. The van der Waals surface area contributed by atoms with Crippen LogP contribution in [0.2, 0.25) is 0 Å². The summed E-state index contributed by atoms with van der Waals surface area (Å²) in [6.45, 7) is 0.101. The van der Waals surface area contributed by atoms with Gasteiger partial charge in [0.15, 0.2) is 5.82 Å². The van der Waals surface area contributed by atoms with Gasteiger partial charge in [-0.05, 0) is 12.5 Å². The lowest BCUT2D eigenvalue weighted by Gasteiger charge is -2.30. The topological polar surface area (TPSA) is 66.6 Å². The van der Waals surface area contributed by atoms with Gasteiger partial charge in [0.25, 0.3) is 5.69 Å². The second kappa shape index (κ2) is 6.70. The van der Waals surface area contributed by atoms with Crippen LogP contribution in [0, 0.1) is 15.9 Å². The Morgan fingerprint density at radius 3 is 2.48 bits per heavy atom. The molecule has 0 aliphatic rings. The lowest BCUT2D eigenvalue weighted by molar-refractivity contribution is -0.385. The summed E-state index contributed by atoms with van der Waals surface area (Å²) in [6.07, 6.45) is -5.79. The molecule has 1 aromatic carbocycles. The smallest absolute Gasteiger partial charge is 0.374 e. The van der Waals surface area contributed by atoms with E-state index in [0.717, 1.165) is 12.1 Å². The molecular formula is C12H14F4N2O3. The third kappa shape index (κ3) is 4.85. The van der Waals surface area contributed by atoms with E-state index in [2.05, 4.69) is 0 Å². The number of nitrogens with zero attached hydrogens (tertiary/aromatic N) is 2. The van der Waals surface area contributed by atoms with Crippen LogP contribution in [0.5, 0.6) is 0 Å². The zero-order chi connectivity index (χ0) is 16.2. The first-order valence-electron chi connectivity index (χ1n) is 6.11. The molecule has 0 bridgehead atoms. The SMILES string of the molecule is CCCC(O)N(CC(F)(F)F)c1ccc([N+](=O)[O-])cc1F. The van der Waals surface area contributed by atoms with Gasteiger partial charge in [-0.3, -0.25) is 10.1 Å². The molecule has 0 aromatic heterocycles. The maximum Gasteiger partial charge on any atom is 0.406 e. The van der Waals surface area contributed by atoms with Crippen molar-refractivity contribution in [2.75, 3.05) is 11.4 Å². The Hall–Kier alpha value is -1.90. The number of nitro groups is 1. The molecule has 5 nitrogen and oxygen atoms in total. The van der Waals surface area contributed by atoms with Crippen LogP contribution in [0.15, 0.2) is 18.2 Å². The van der Waals surface area contributed by atoms with Crippen LogP contribution in [0.25, 0.3) is 0 Å². The highest BCUT2D eigenvalue weighted by Gasteiger charge is 2.34. The first kappa shape index (κ1) is 17.2. The molecule has 9 heteroatoms. The maximum atomic E-state index is 13.8. The van der Waals surface area contributed by atoms with Crippen LogP contribution >= 0.6 is 0 Å². The van der Waals surface area contributed by atoms with Gasteiger partial charge in [-0.2, -0.15) is 13.2 Å². The summed E-state index contributed by atoms with van der Waals surface area (Å²) in [5, 5.41) is 20.2. The van der Waals surface area contributed by atoms with Crippen molar-refractivity contribution in [1.29, 1.82) is 0 Å². The van der Waals surface area contributed by atoms with Gasteiger partial charge in [0, 0.05) is 6.07 Å². The highest BCUT2D eigenvalue weighted by atomic mass is 19.4. The van der Waals surface area contributed by atoms with E-state index in [-0.39, 0.29) is 6.42 Å². The molecule has 0 saturated heterocycles. The van der Waals surface area contributed by atoms with Gasteiger partial charge < -0.3 is 10.0 Å². The Kier molecular flexibility index (Phi) is 5.47. The molecule has 0 aliphatic heterocycles.